The summed E-state index contributed by atoms with van der Waals surface area (Å²) in [6.07, 6.45) is 3.84. The summed E-state index contributed by atoms with van der Waals surface area (Å²) in [5.74, 6) is 0.117. The Kier molecular flexibility index (Phi) is 4.60. The van der Waals surface area contributed by atoms with Gasteiger partial charge in [-0.05, 0) is 56.2 Å². The van der Waals surface area contributed by atoms with Crippen molar-refractivity contribution in [3.8, 4) is 5.75 Å². The number of benzene rings is 1. The smallest absolute Gasteiger partial charge is 0.346 e. The van der Waals surface area contributed by atoms with E-state index in [4.69, 9.17) is 13.9 Å². The number of methoxy groups -OCH3 is 1. The van der Waals surface area contributed by atoms with Crippen molar-refractivity contribution in [1.29, 1.82) is 0 Å². The molecule has 5 nitrogen and oxygen atoms in total. The maximum atomic E-state index is 12.2. The topological polar surface area (TPSA) is 65.7 Å². The molecular weight excluding hydrogens is 308 g/mol. The highest BCUT2D eigenvalue weighted by molar-refractivity contribution is 5.84. The maximum Gasteiger partial charge on any atom is 0.346 e. The summed E-state index contributed by atoms with van der Waals surface area (Å²) in [6.45, 7) is 3.67. The third kappa shape index (κ3) is 2.90. The fourth-order valence-electron chi connectivity index (χ4n) is 3.31. The van der Waals surface area contributed by atoms with Gasteiger partial charge < -0.3 is 13.9 Å². The second kappa shape index (κ2) is 6.67. The van der Waals surface area contributed by atoms with E-state index in [1.165, 1.54) is 7.11 Å². The van der Waals surface area contributed by atoms with Gasteiger partial charge >= 0.3 is 11.6 Å². The van der Waals surface area contributed by atoms with E-state index in [0.29, 0.717) is 11.3 Å². The standard InChI is InChI=1S/C19H22O5/c1-4-12-9-15-13-7-5-6-8-14(13)19(21)24-17(15)10-16(12)23-11(2)18(20)22-3/h9-11H,4-8H2,1-3H3/t11-/m1/s1. The molecule has 0 saturated heterocycles. The molecule has 0 spiro atoms. The average Bonchev–Trinajstić information content (AvgIpc) is 2.60. The number of fused-ring (bicyclic) bond motifs is 3. The predicted molar refractivity (Wildman–Crippen MR) is 90.6 cm³/mol. The highest BCUT2D eigenvalue weighted by Crippen LogP contribution is 2.32. The fourth-order valence-corrected chi connectivity index (χ4v) is 3.31. The first kappa shape index (κ1) is 16.6. The Morgan fingerprint density at radius 3 is 2.62 bits per heavy atom. The molecule has 0 unspecified atom stereocenters. The first-order valence-corrected chi connectivity index (χ1v) is 8.41. The zero-order chi connectivity index (χ0) is 17.3. The summed E-state index contributed by atoms with van der Waals surface area (Å²) in [5.41, 5.74) is 3.17. The second-order valence-corrected chi connectivity index (χ2v) is 6.15. The molecule has 0 radical (unpaired) electrons. The van der Waals surface area contributed by atoms with Crippen molar-refractivity contribution < 1.29 is 18.7 Å². The molecule has 1 heterocycles. The van der Waals surface area contributed by atoms with Gasteiger partial charge in [0.2, 0.25) is 0 Å². The molecule has 0 fully saturated rings. The first-order valence-electron chi connectivity index (χ1n) is 8.41. The number of carbonyl (C=O) groups excluding carboxylic acids is 1. The molecule has 5 heteroatoms. The number of ether oxygens (including phenoxy) is 2. The number of rotatable bonds is 4. The Labute approximate surface area is 140 Å². The van der Waals surface area contributed by atoms with E-state index in [-0.39, 0.29) is 5.63 Å². The molecular formula is C19H22O5. The van der Waals surface area contributed by atoms with Gasteiger partial charge in [0.15, 0.2) is 6.10 Å². The van der Waals surface area contributed by atoms with Gasteiger partial charge in [-0.1, -0.05) is 6.92 Å². The molecule has 2 aromatic rings. The van der Waals surface area contributed by atoms with Gasteiger partial charge in [-0.3, -0.25) is 0 Å². The number of hydrogen-bond acceptors (Lipinski definition) is 5. The van der Waals surface area contributed by atoms with Crippen LogP contribution in [0, 0.1) is 0 Å². The minimum Gasteiger partial charge on any atom is -0.479 e. The average molecular weight is 330 g/mol. The molecule has 0 aliphatic heterocycles. The van der Waals surface area contributed by atoms with Gasteiger partial charge in [-0.15, -0.1) is 0 Å². The van der Waals surface area contributed by atoms with Crippen LogP contribution in [-0.4, -0.2) is 19.2 Å². The molecule has 1 aromatic carbocycles. The second-order valence-electron chi connectivity index (χ2n) is 6.15. The molecule has 3 rings (SSSR count). The van der Waals surface area contributed by atoms with Gasteiger partial charge in [0, 0.05) is 17.0 Å². The molecule has 0 amide bonds. The van der Waals surface area contributed by atoms with Crippen molar-refractivity contribution in [3.05, 3.63) is 39.2 Å². The largest absolute Gasteiger partial charge is 0.479 e. The minimum absolute atomic E-state index is 0.256. The van der Waals surface area contributed by atoms with Gasteiger partial charge in [0.05, 0.1) is 7.11 Å². The number of aryl methyl sites for hydroxylation is 2. The van der Waals surface area contributed by atoms with E-state index in [1.54, 1.807) is 13.0 Å². The maximum absolute atomic E-state index is 12.2. The Hall–Kier alpha value is -2.30. The quantitative estimate of drug-likeness (QED) is 0.636. The van der Waals surface area contributed by atoms with Gasteiger partial charge in [-0.2, -0.15) is 0 Å². The van der Waals surface area contributed by atoms with Crippen molar-refractivity contribution >= 4 is 16.9 Å². The van der Waals surface area contributed by atoms with E-state index in [9.17, 15) is 9.59 Å². The van der Waals surface area contributed by atoms with Crippen LogP contribution in [0.15, 0.2) is 21.3 Å². The van der Waals surface area contributed by atoms with Crippen LogP contribution in [-0.2, 0) is 28.8 Å². The summed E-state index contributed by atoms with van der Waals surface area (Å²) >= 11 is 0. The van der Waals surface area contributed by atoms with Crippen LogP contribution in [0.2, 0.25) is 0 Å². The molecule has 0 N–H and O–H groups in total. The summed E-state index contributed by atoms with van der Waals surface area (Å²) in [7, 11) is 1.33. The van der Waals surface area contributed by atoms with Crippen LogP contribution in [0.3, 0.4) is 0 Å². The Bertz CT molecular complexity index is 834. The number of esters is 1. The number of hydrogen-bond donors (Lipinski definition) is 0. The first-order chi connectivity index (χ1) is 11.5. The summed E-state index contributed by atoms with van der Waals surface area (Å²) in [5, 5.41) is 0.985. The van der Waals surface area contributed by atoms with E-state index in [2.05, 4.69) is 0 Å². The lowest BCUT2D eigenvalue weighted by atomic mass is 9.90. The summed E-state index contributed by atoms with van der Waals surface area (Å²) in [4.78, 5) is 23.8. The lowest BCUT2D eigenvalue weighted by molar-refractivity contribution is -0.147. The third-order valence-electron chi connectivity index (χ3n) is 4.62. The lowest BCUT2D eigenvalue weighted by Crippen LogP contribution is -2.25. The molecule has 0 bridgehead atoms. The van der Waals surface area contributed by atoms with Crippen molar-refractivity contribution in [2.75, 3.05) is 7.11 Å². The normalized spacial score (nSPS) is 15.0. The molecule has 1 atom stereocenters. The Morgan fingerprint density at radius 1 is 1.25 bits per heavy atom. The van der Waals surface area contributed by atoms with Crippen molar-refractivity contribution in [1.82, 2.24) is 0 Å². The highest BCUT2D eigenvalue weighted by atomic mass is 16.6. The SMILES string of the molecule is CCc1cc2c3c(c(=O)oc2cc1O[C@H](C)C(=O)OC)CCCC3. The van der Waals surface area contributed by atoms with E-state index >= 15 is 0 Å². The highest BCUT2D eigenvalue weighted by Gasteiger charge is 2.21. The van der Waals surface area contributed by atoms with E-state index in [0.717, 1.165) is 54.2 Å². The lowest BCUT2D eigenvalue weighted by Gasteiger charge is -2.19. The van der Waals surface area contributed by atoms with Gasteiger partial charge in [-0.25, -0.2) is 9.59 Å². The molecule has 1 aromatic heterocycles. The Balaban J connectivity index is 2.12. The van der Waals surface area contributed by atoms with Crippen molar-refractivity contribution in [2.24, 2.45) is 0 Å². The molecule has 24 heavy (non-hydrogen) atoms. The third-order valence-corrected chi connectivity index (χ3v) is 4.62. The van der Waals surface area contributed by atoms with Gasteiger partial charge in [0.1, 0.15) is 11.3 Å². The molecule has 1 aliphatic carbocycles. The van der Waals surface area contributed by atoms with Crippen LogP contribution >= 0.6 is 0 Å². The monoisotopic (exact) mass is 330 g/mol. The van der Waals surface area contributed by atoms with Crippen molar-refractivity contribution in [3.63, 3.8) is 0 Å². The minimum atomic E-state index is -0.720. The van der Waals surface area contributed by atoms with E-state index < -0.39 is 12.1 Å². The van der Waals surface area contributed by atoms with Crippen LogP contribution in [0.1, 0.15) is 43.4 Å². The fraction of sp³-hybridized carbons (Fsp3) is 0.474. The van der Waals surface area contributed by atoms with Crippen LogP contribution in [0.4, 0.5) is 0 Å². The van der Waals surface area contributed by atoms with E-state index in [1.807, 2.05) is 13.0 Å². The van der Waals surface area contributed by atoms with Gasteiger partial charge in [0.25, 0.3) is 0 Å². The zero-order valence-corrected chi connectivity index (χ0v) is 14.3. The molecule has 128 valence electrons. The summed E-state index contributed by atoms with van der Waals surface area (Å²) < 4.78 is 16.0. The molecule has 1 aliphatic rings. The number of carbonyl (C=O) groups is 1. The Morgan fingerprint density at radius 2 is 1.96 bits per heavy atom. The predicted octanol–water partition coefficient (Wildman–Crippen LogP) is 3.17. The zero-order valence-electron chi connectivity index (χ0n) is 14.3. The van der Waals surface area contributed by atoms with Crippen molar-refractivity contribution in [2.45, 2.75) is 52.1 Å². The summed E-state index contributed by atoms with van der Waals surface area (Å²) in [6, 6.07) is 3.76. The van der Waals surface area contributed by atoms with Crippen LogP contribution < -0.4 is 10.4 Å². The van der Waals surface area contributed by atoms with Crippen LogP contribution in [0.5, 0.6) is 5.75 Å². The molecule has 0 saturated carbocycles. The van der Waals surface area contributed by atoms with Crippen LogP contribution in [0.25, 0.3) is 11.0 Å².